The van der Waals surface area contributed by atoms with Crippen molar-refractivity contribution in [3.8, 4) is 23.0 Å². The molecule has 6 nitrogen and oxygen atoms in total. The van der Waals surface area contributed by atoms with Crippen molar-refractivity contribution in [3.05, 3.63) is 48.0 Å². The number of hydrogen-bond donors (Lipinski definition) is 1. The van der Waals surface area contributed by atoms with Gasteiger partial charge in [-0.2, -0.15) is 0 Å². The van der Waals surface area contributed by atoms with Gasteiger partial charge in [-0.15, -0.1) is 0 Å². The molecule has 0 fully saturated rings. The second-order valence-corrected chi connectivity index (χ2v) is 4.87. The van der Waals surface area contributed by atoms with Gasteiger partial charge >= 0.3 is 0 Å². The summed E-state index contributed by atoms with van der Waals surface area (Å²) in [5.74, 6) is 2.08. The van der Waals surface area contributed by atoms with E-state index in [-0.39, 0.29) is 12.5 Å². The predicted octanol–water partition coefficient (Wildman–Crippen LogP) is 2.41. The minimum Gasteiger partial charge on any atom is -0.493 e. The predicted molar refractivity (Wildman–Crippen MR) is 89.9 cm³/mol. The lowest BCUT2D eigenvalue weighted by Crippen LogP contribution is -2.28. The molecule has 0 unspecified atom stereocenters. The summed E-state index contributed by atoms with van der Waals surface area (Å²) in [6.07, 6.45) is 0. The number of amides is 1. The third-order valence-corrected chi connectivity index (χ3v) is 3.39. The van der Waals surface area contributed by atoms with Crippen LogP contribution in [0, 0.1) is 0 Å². The maximum atomic E-state index is 12.0. The molecule has 0 radical (unpaired) electrons. The zero-order valence-electron chi connectivity index (χ0n) is 14.0. The smallest absolute Gasteiger partial charge is 0.258 e. The first kappa shape index (κ1) is 17.5. The first-order chi connectivity index (χ1) is 11.7. The second kappa shape index (κ2) is 8.67. The summed E-state index contributed by atoms with van der Waals surface area (Å²) in [6.45, 7) is 0.209. The van der Waals surface area contributed by atoms with Crippen LogP contribution in [0.25, 0.3) is 0 Å². The second-order valence-electron chi connectivity index (χ2n) is 4.87. The third kappa shape index (κ3) is 4.32. The molecule has 2 rings (SSSR count). The number of hydrogen-bond acceptors (Lipinski definition) is 5. The van der Waals surface area contributed by atoms with E-state index in [1.54, 1.807) is 39.5 Å². The molecule has 2 aromatic carbocycles. The number of carbonyl (C=O) groups excluding carboxylic acids is 1. The van der Waals surface area contributed by atoms with E-state index in [1.165, 1.54) is 0 Å². The van der Waals surface area contributed by atoms with Crippen molar-refractivity contribution >= 4 is 5.91 Å². The van der Waals surface area contributed by atoms with Crippen LogP contribution in [0.2, 0.25) is 0 Å². The van der Waals surface area contributed by atoms with Crippen molar-refractivity contribution in [3.63, 3.8) is 0 Å². The molecule has 0 aromatic heterocycles. The SMILES string of the molecule is COc1ccccc1OCC(=O)NCc1cccc(OC)c1OC. The van der Waals surface area contributed by atoms with Crippen LogP contribution in [-0.2, 0) is 11.3 Å². The zero-order valence-corrected chi connectivity index (χ0v) is 14.0. The molecule has 1 amide bonds. The molecule has 0 saturated heterocycles. The van der Waals surface area contributed by atoms with Gasteiger partial charge in [0.25, 0.3) is 5.91 Å². The first-order valence-corrected chi connectivity index (χ1v) is 7.42. The Labute approximate surface area is 141 Å². The lowest BCUT2D eigenvalue weighted by molar-refractivity contribution is -0.123. The van der Waals surface area contributed by atoms with E-state index in [0.717, 1.165) is 5.56 Å². The Morgan fingerprint density at radius 2 is 1.54 bits per heavy atom. The van der Waals surface area contributed by atoms with Gasteiger partial charge in [-0.3, -0.25) is 4.79 Å². The van der Waals surface area contributed by atoms with Crippen LogP contribution >= 0.6 is 0 Å². The molecule has 0 saturated carbocycles. The highest BCUT2D eigenvalue weighted by molar-refractivity contribution is 5.77. The van der Waals surface area contributed by atoms with Crippen LogP contribution in [0.15, 0.2) is 42.5 Å². The van der Waals surface area contributed by atoms with Crippen LogP contribution in [0.5, 0.6) is 23.0 Å². The minimum absolute atomic E-state index is 0.105. The maximum absolute atomic E-state index is 12.0. The van der Waals surface area contributed by atoms with E-state index in [4.69, 9.17) is 18.9 Å². The summed E-state index contributed by atoms with van der Waals surface area (Å²) in [4.78, 5) is 12.0. The van der Waals surface area contributed by atoms with Crippen molar-refractivity contribution < 1.29 is 23.7 Å². The summed E-state index contributed by atoms with van der Waals surface area (Å²) in [7, 11) is 4.69. The number of ether oxygens (including phenoxy) is 4. The van der Waals surface area contributed by atoms with Crippen molar-refractivity contribution in [2.24, 2.45) is 0 Å². The molecule has 0 heterocycles. The maximum Gasteiger partial charge on any atom is 0.258 e. The third-order valence-electron chi connectivity index (χ3n) is 3.39. The Kier molecular flexibility index (Phi) is 6.31. The van der Waals surface area contributed by atoms with E-state index in [9.17, 15) is 4.79 Å². The highest BCUT2D eigenvalue weighted by atomic mass is 16.5. The minimum atomic E-state index is -0.245. The molecule has 1 N–H and O–H groups in total. The molecule has 0 aliphatic rings. The molecule has 0 aliphatic heterocycles. The van der Waals surface area contributed by atoms with Crippen molar-refractivity contribution in [1.29, 1.82) is 0 Å². The Hall–Kier alpha value is -2.89. The molecular formula is C18H21NO5. The monoisotopic (exact) mass is 331 g/mol. The number of nitrogens with one attached hydrogen (secondary N) is 1. The number of rotatable bonds is 8. The van der Waals surface area contributed by atoms with Crippen LogP contribution in [0.4, 0.5) is 0 Å². The van der Waals surface area contributed by atoms with Gasteiger partial charge in [0, 0.05) is 12.1 Å². The van der Waals surface area contributed by atoms with E-state index in [0.29, 0.717) is 29.5 Å². The van der Waals surface area contributed by atoms with Crippen molar-refractivity contribution in [2.45, 2.75) is 6.54 Å². The molecule has 0 bridgehead atoms. The van der Waals surface area contributed by atoms with Crippen LogP contribution in [0.3, 0.4) is 0 Å². The van der Waals surface area contributed by atoms with Crippen LogP contribution < -0.4 is 24.3 Å². The van der Waals surface area contributed by atoms with Gasteiger partial charge in [0.05, 0.1) is 21.3 Å². The standard InChI is InChI=1S/C18H21NO5/c1-21-14-8-4-5-9-15(14)24-12-17(20)19-11-13-7-6-10-16(22-2)18(13)23-3/h4-10H,11-12H2,1-3H3,(H,19,20). The summed E-state index contributed by atoms with van der Waals surface area (Å²) >= 11 is 0. The fourth-order valence-electron chi connectivity index (χ4n) is 2.22. The van der Waals surface area contributed by atoms with Crippen molar-refractivity contribution in [1.82, 2.24) is 5.32 Å². The van der Waals surface area contributed by atoms with E-state index >= 15 is 0 Å². The van der Waals surface area contributed by atoms with E-state index in [2.05, 4.69) is 5.32 Å². The number of benzene rings is 2. The summed E-state index contributed by atoms with van der Waals surface area (Å²) in [6, 6.07) is 12.7. The number of methoxy groups -OCH3 is 3. The summed E-state index contributed by atoms with van der Waals surface area (Å²) < 4.78 is 21.2. The van der Waals surface area contributed by atoms with Gasteiger partial charge in [0.15, 0.2) is 29.6 Å². The first-order valence-electron chi connectivity index (χ1n) is 7.42. The van der Waals surface area contributed by atoms with Crippen LogP contribution in [-0.4, -0.2) is 33.8 Å². The Morgan fingerprint density at radius 1 is 0.875 bits per heavy atom. The molecule has 24 heavy (non-hydrogen) atoms. The highest BCUT2D eigenvalue weighted by Crippen LogP contribution is 2.30. The Morgan fingerprint density at radius 3 is 2.21 bits per heavy atom. The van der Waals surface area contributed by atoms with Gasteiger partial charge < -0.3 is 24.3 Å². The molecule has 0 atom stereocenters. The number of carbonyl (C=O) groups is 1. The normalized spacial score (nSPS) is 9.96. The Balaban J connectivity index is 1.92. The number of para-hydroxylation sites is 3. The molecule has 0 aliphatic carbocycles. The largest absolute Gasteiger partial charge is 0.493 e. The molecule has 0 spiro atoms. The zero-order chi connectivity index (χ0) is 17.4. The topological polar surface area (TPSA) is 66.0 Å². The fraction of sp³-hybridized carbons (Fsp3) is 0.278. The lowest BCUT2D eigenvalue weighted by atomic mass is 10.2. The van der Waals surface area contributed by atoms with Gasteiger partial charge in [0.1, 0.15) is 0 Å². The average Bonchev–Trinajstić information content (AvgIpc) is 2.64. The molecule has 2 aromatic rings. The highest BCUT2D eigenvalue weighted by Gasteiger charge is 2.11. The molecule has 6 heteroatoms. The molecule has 128 valence electrons. The fourth-order valence-corrected chi connectivity index (χ4v) is 2.22. The van der Waals surface area contributed by atoms with Gasteiger partial charge in [0.2, 0.25) is 0 Å². The van der Waals surface area contributed by atoms with Crippen molar-refractivity contribution in [2.75, 3.05) is 27.9 Å². The van der Waals surface area contributed by atoms with Gasteiger partial charge in [-0.25, -0.2) is 0 Å². The summed E-state index contributed by atoms with van der Waals surface area (Å²) in [5.41, 5.74) is 0.822. The van der Waals surface area contributed by atoms with E-state index in [1.807, 2.05) is 24.3 Å². The lowest BCUT2D eigenvalue weighted by Gasteiger charge is -2.14. The average molecular weight is 331 g/mol. The molecular weight excluding hydrogens is 310 g/mol. The van der Waals surface area contributed by atoms with Gasteiger partial charge in [-0.05, 0) is 18.2 Å². The Bertz CT molecular complexity index is 687. The van der Waals surface area contributed by atoms with E-state index < -0.39 is 0 Å². The quantitative estimate of drug-likeness (QED) is 0.805. The summed E-state index contributed by atoms with van der Waals surface area (Å²) in [5, 5.41) is 2.79. The van der Waals surface area contributed by atoms with Gasteiger partial charge in [-0.1, -0.05) is 24.3 Å². The van der Waals surface area contributed by atoms with Crippen LogP contribution in [0.1, 0.15) is 5.56 Å².